The first-order valence-corrected chi connectivity index (χ1v) is 9.35. The van der Waals surface area contributed by atoms with Crippen molar-refractivity contribution in [2.45, 2.75) is 77.7 Å². The van der Waals surface area contributed by atoms with Gasteiger partial charge in [-0.3, -0.25) is 14.4 Å². The summed E-state index contributed by atoms with van der Waals surface area (Å²) in [7, 11) is 0. The molecule has 0 fully saturated rings. The number of ketones is 1. The topological polar surface area (TPSA) is 122 Å². The molecule has 2 unspecified atom stereocenters. The number of aliphatic imine (C=N–C) groups is 1. The molecule has 0 radical (unpaired) electrons. The molecule has 7 heteroatoms. The summed E-state index contributed by atoms with van der Waals surface area (Å²) in [5.74, 6) is -0.365. The maximum atomic E-state index is 12.0. The predicted octanol–water partition coefficient (Wildman–Crippen LogP) is 2.55. The Morgan fingerprint density at radius 1 is 1.31 bits per heavy atom. The van der Waals surface area contributed by atoms with E-state index >= 15 is 0 Å². The third-order valence-corrected chi connectivity index (χ3v) is 4.46. The van der Waals surface area contributed by atoms with Crippen LogP contribution < -0.4 is 11.1 Å². The molecule has 1 aliphatic heterocycles. The van der Waals surface area contributed by atoms with Gasteiger partial charge in [-0.15, -0.1) is 0 Å². The second-order valence-electron chi connectivity index (χ2n) is 7.02. The maximum Gasteiger partial charge on any atom is 0.320 e. The van der Waals surface area contributed by atoms with E-state index in [0.29, 0.717) is 37.2 Å². The lowest BCUT2D eigenvalue weighted by atomic mass is 9.97. The first kappa shape index (κ1) is 22.0. The molecule has 1 amide bonds. The molecule has 0 saturated heterocycles. The van der Waals surface area contributed by atoms with Gasteiger partial charge in [0.1, 0.15) is 17.6 Å². The Bertz CT molecular complexity index is 569. The molecule has 7 nitrogen and oxygen atoms in total. The number of nitrogens with two attached hydrogens (primary N) is 1. The summed E-state index contributed by atoms with van der Waals surface area (Å²) in [4.78, 5) is 38.8. The smallest absolute Gasteiger partial charge is 0.320 e. The van der Waals surface area contributed by atoms with Gasteiger partial charge in [0.15, 0.2) is 0 Å². The van der Waals surface area contributed by atoms with E-state index in [1.54, 1.807) is 6.92 Å². The number of hydrogen-bond acceptors (Lipinski definition) is 5. The highest BCUT2D eigenvalue weighted by atomic mass is 16.4. The average molecular weight is 365 g/mol. The van der Waals surface area contributed by atoms with Crippen molar-refractivity contribution in [1.29, 1.82) is 0 Å². The molecule has 0 aromatic carbocycles. The lowest BCUT2D eigenvalue weighted by Gasteiger charge is -2.14. The number of hydrogen-bond donors (Lipinski definition) is 3. The van der Waals surface area contributed by atoms with Crippen LogP contribution in [0, 0.1) is 5.92 Å². The molecule has 146 valence electrons. The highest BCUT2D eigenvalue weighted by molar-refractivity contribution is 6.02. The van der Waals surface area contributed by atoms with Crippen LogP contribution in [0.1, 0.15) is 71.6 Å². The number of aliphatic carboxylic acids is 1. The first-order chi connectivity index (χ1) is 12.3. The van der Waals surface area contributed by atoms with Crippen LogP contribution in [-0.4, -0.2) is 34.5 Å². The van der Waals surface area contributed by atoms with Gasteiger partial charge in [0.25, 0.3) is 0 Å². The van der Waals surface area contributed by atoms with Crippen LogP contribution in [0.3, 0.4) is 0 Å². The van der Waals surface area contributed by atoms with Crippen molar-refractivity contribution < 1.29 is 19.5 Å². The molecule has 0 bridgehead atoms. The maximum absolute atomic E-state index is 12.0. The number of amides is 1. The van der Waals surface area contributed by atoms with Crippen LogP contribution in [0.15, 0.2) is 16.9 Å². The van der Waals surface area contributed by atoms with Gasteiger partial charge in [0, 0.05) is 24.5 Å². The van der Waals surface area contributed by atoms with Gasteiger partial charge < -0.3 is 16.2 Å². The van der Waals surface area contributed by atoms with E-state index in [1.807, 2.05) is 13.0 Å². The summed E-state index contributed by atoms with van der Waals surface area (Å²) in [6.07, 6.45) is 8.01. The van der Waals surface area contributed by atoms with Crippen molar-refractivity contribution in [1.82, 2.24) is 5.32 Å². The third kappa shape index (κ3) is 8.89. The highest BCUT2D eigenvalue weighted by Gasteiger charge is 2.16. The highest BCUT2D eigenvalue weighted by Crippen LogP contribution is 2.14. The number of unbranched alkanes of at least 4 members (excludes halogenated alkanes) is 4. The Hall–Kier alpha value is -2.02. The molecule has 0 saturated carbocycles. The zero-order chi connectivity index (χ0) is 19.5. The number of carboxylic acids is 1. The fourth-order valence-electron chi connectivity index (χ4n) is 2.72. The van der Waals surface area contributed by atoms with E-state index in [0.717, 1.165) is 32.1 Å². The predicted molar refractivity (Wildman–Crippen MR) is 101 cm³/mol. The van der Waals surface area contributed by atoms with E-state index in [-0.39, 0.29) is 17.6 Å². The van der Waals surface area contributed by atoms with Gasteiger partial charge in [-0.25, -0.2) is 4.99 Å². The number of nitrogens with one attached hydrogen (secondary N) is 1. The molecule has 1 aliphatic rings. The van der Waals surface area contributed by atoms with E-state index in [1.165, 1.54) is 0 Å². The quantitative estimate of drug-likeness (QED) is 0.514. The molecular formula is C19H31N3O4. The van der Waals surface area contributed by atoms with Gasteiger partial charge in [-0.1, -0.05) is 32.6 Å². The summed E-state index contributed by atoms with van der Waals surface area (Å²) in [6.45, 7) is 3.69. The van der Waals surface area contributed by atoms with Gasteiger partial charge in [-0.05, 0) is 32.3 Å². The van der Waals surface area contributed by atoms with Crippen LogP contribution in [0.5, 0.6) is 0 Å². The minimum absolute atomic E-state index is 0.0541. The third-order valence-electron chi connectivity index (χ3n) is 4.46. The number of allylic oxidation sites excluding steroid dienone is 1. The number of carbonyl (C=O) groups is 3. The molecular weight excluding hydrogens is 334 g/mol. The van der Waals surface area contributed by atoms with Crippen molar-refractivity contribution in [3.05, 3.63) is 11.9 Å². The Labute approximate surface area is 155 Å². The molecule has 1 heterocycles. The second kappa shape index (κ2) is 11.6. The van der Waals surface area contributed by atoms with E-state index in [2.05, 4.69) is 10.3 Å². The lowest BCUT2D eigenvalue weighted by Crippen LogP contribution is -2.29. The van der Waals surface area contributed by atoms with Gasteiger partial charge >= 0.3 is 5.97 Å². The van der Waals surface area contributed by atoms with Crippen LogP contribution in [0.25, 0.3) is 0 Å². The zero-order valence-corrected chi connectivity index (χ0v) is 15.8. The van der Waals surface area contributed by atoms with Crippen LogP contribution in [0.2, 0.25) is 0 Å². The number of rotatable bonds is 10. The monoisotopic (exact) mass is 365 g/mol. The molecule has 0 aromatic rings. The second-order valence-corrected chi connectivity index (χ2v) is 7.02. The summed E-state index contributed by atoms with van der Waals surface area (Å²) >= 11 is 0. The Morgan fingerprint density at radius 3 is 2.65 bits per heavy atom. The van der Waals surface area contributed by atoms with Crippen molar-refractivity contribution >= 4 is 23.4 Å². The van der Waals surface area contributed by atoms with Gasteiger partial charge in [0.05, 0.1) is 0 Å². The van der Waals surface area contributed by atoms with Crippen molar-refractivity contribution in [3.63, 3.8) is 0 Å². The summed E-state index contributed by atoms with van der Waals surface area (Å²) in [6, 6.07) is -0.778. The Morgan fingerprint density at radius 2 is 1.96 bits per heavy atom. The normalized spacial score (nSPS) is 19.0. The molecule has 26 heavy (non-hydrogen) atoms. The summed E-state index contributed by atoms with van der Waals surface area (Å²) < 4.78 is 0. The van der Waals surface area contributed by atoms with Crippen molar-refractivity contribution in [3.8, 4) is 0 Å². The van der Waals surface area contributed by atoms with Crippen LogP contribution >= 0.6 is 0 Å². The van der Waals surface area contributed by atoms with Crippen molar-refractivity contribution in [2.24, 2.45) is 16.6 Å². The SMILES string of the molecule is CC1=NC(NC(=O)CCCCCCCC(N)C(=O)O)=CCC(C)C(=O)C1. The minimum atomic E-state index is -0.957. The first-order valence-electron chi connectivity index (χ1n) is 9.35. The lowest BCUT2D eigenvalue weighted by molar-refractivity contribution is -0.138. The Kier molecular flexibility index (Phi) is 9.80. The average Bonchev–Trinajstić information content (AvgIpc) is 2.57. The number of nitrogens with zero attached hydrogens (tertiary/aromatic N) is 1. The zero-order valence-electron chi connectivity index (χ0n) is 15.8. The number of carboxylic acid groups (broad SMARTS) is 1. The Balaban J connectivity index is 2.22. The fraction of sp³-hybridized carbons (Fsp3) is 0.684. The molecule has 4 N–H and O–H groups in total. The minimum Gasteiger partial charge on any atom is -0.480 e. The standard InChI is InChI=1S/C19H31N3O4/c1-13-10-11-17(21-14(2)12-16(13)23)22-18(24)9-7-5-3-4-6-8-15(20)19(25)26/h11,13,15H,3-10,12,20H2,1-2H3,(H,22,24)(H,25,26). The molecule has 1 rings (SSSR count). The van der Waals surface area contributed by atoms with Gasteiger partial charge in [0.2, 0.25) is 5.91 Å². The molecule has 0 aromatic heterocycles. The fourth-order valence-corrected chi connectivity index (χ4v) is 2.72. The summed E-state index contributed by atoms with van der Waals surface area (Å²) in [5, 5.41) is 11.5. The van der Waals surface area contributed by atoms with E-state index in [4.69, 9.17) is 10.8 Å². The van der Waals surface area contributed by atoms with Crippen LogP contribution in [-0.2, 0) is 14.4 Å². The van der Waals surface area contributed by atoms with Crippen LogP contribution in [0.4, 0.5) is 0 Å². The molecule has 0 spiro atoms. The number of Topliss-reactive ketones (excluding diaryl/α,β-unsaturated/α-hetero) is 1. The van der Waals surface area contributed by atoms with Gasteiger partial charge in [-0.2, -0.15) is 0 Å². The van der Waals surface area contributed by atoms with Crippen molar-refractivity contribution in [2.75, 3.05) is 0 Å². The molecule has 0 aliphatic carbocycles. The van der Waals surface area contributed by atoms with E-state index < -0.39 is 12.0 Å². The summed E-state index contributed by atoms with van der Waals surface area (Å²) in [5.41, 5.74) is 6.16. The largest absolute Gasteiger partial charge is 0.480 e. The number of carbonyl (C=O) groups excluding carboxylic acids is 2. The van der Waals surface area contributed by atoms with E-state index in [9.17, 15) is 14.4 Å². The molecule has 2 atom stereocenters.